The lowest BCUT2D eigenvalue weighted by atomic mass is 10.2. The average Bonchev–Trinajstić information content (AvgIpc) is 2.95. The number of fused-ring (bicyclic) bond motifs is 1. The molecule has 1 heterocycles. The maximum absolute atomic E-state index is 12.1. The lowest BCUT2D eigenvalue weighted by Gasteiger charge is -2.20. The Balaban J connectivity index is 2.01. The Morgan fingerprint density at radius 1 is 1.41 bits per heavy atom. The van der Waals surface area contributed by atoms with Crippen LogP contribution in [-0.2, 0) is 9.53 Å². The van der Waals surface area contributed by atoms with Crippen LogP contribution in [0.4, 0.5) is 0 Å². The zero-order valence-corrected chi connectivity index (χ0v) is 13.2. The Labute approximate surface area is 132 Å². The van der Waals surface area contributed by atoms with E-state index in [1.807, 2.05) is 30.3 Å². The summed E-state index contributed by atoms with van der Waals surface area (Å²) >= 11 is 1.34. The molecular weight excluding hydrogens is 300 g/mol. The first-order valence-electron chi connectivity index (χ1n) is 6.84. The highest BCUT2D eigenvalue weighted by molar-refractivity contribution is 7.20. The molecule has 0 unspecified atom stereocenters. The first-order valence-corrected chi connectivity index (χ1v) is 7.66. The van der Waals surface area contributed by atoms with Crippen LogP contribution in [0.2, 0.25) is 0 Å². The molecule has 0 spiro atoms. The van der Waals surface area contributed by atoms with E-state index in [0.29, 0.717) is 11.4 Å². The van der Waals surface area contributed by atoms with Gasteiger partial charge in [0.1, 0.15) is 4.88 Å². The second-order valence-electron chi connectivity index (χ2n) is 4.86. The van der Waals surface area contributed by atoms with Crippen molar-refractivity contribution in [2.45, 2.75) is 19.4 Å². The number of carbonyl (C=O) groups excluding carboxylic acids is 2. The minimum absolute atomic E-state index is 0.249. The Kier molecular flexibility index (Phi) is 5.12. The van der Waals surface area contributed by atoms with Crippen molar-refractivity contribution in [2.75, 3.05) is 13.6 Å². The van der Waals surface area contributed by atoms with E-state index in [-0.39, 0.29) is 12.3 Å². The third kappa shape index (κ3) is 3.62. The maximum atomic E-state index is 12.1. The number of amides is 1. The zero-order chi connectivity index (χ0) is 16.1. The highest BCUT2D eigenvalue weighted by atomic mass is 32.1. The number of nitrogens with zero attached hydrogens (tertiary/aromatic N) is 2. The molecule has 22 heavy (non-hydrogen) atoms. The number of ether oxygens (including phenoxy) is 1. The number of rotatable bonds is 5. The van der Waals surface area contributed by atoms with Crippen molar-refractivity contribution < 1.29 is 14.3 Å². The molecule has 0 aliphatic rings. The molecule has 2 aromatic rings. The van der Waals surface area contributed by atoms with E-state index in [0.717, 1.165) is 10.1 Å². The third-order valence-electron chi connectivity index (χ3n) is 3.19. The number of hydrogen-bond acceptors (Lipinski definition) is 5. The molecule has 0 saturated carbocycles. The van der Waals surface area contributed by atoms with Crippen LogP contribution in [0.1, 0.15) is 23.0 Å². The molecule has 0 radical (unpaired) electrons. The van der Waals surface area contributed by atoms with Gasteiger partial charge in [0.15, 0.2) is 6.10 Å². The predicted octanol–water partition coefficient (Wildman–Crippen LogP) is 2.82. The van der Waals surface area contributed by atoms with E-state index in [9.17, 15) is 9.59 Å². The van der Waals surface area contributed by atoms with Crippen LogP contribution in [0.3, 0.4) is 0 Å². The summed E-state index contributed by atoms with van der Waals surface area (Å²) in [5.74, 6) is -0.819. The van der Waals surface area contributed by atoms with Gasteiger partial charge in [-0.15, -0.1) is 11.3 Å². The first-order chi connectivity index (χ1) is 10.5. The Morgan fingerprint density at radius 3 is 2.82 bits per heavy atom. The van der Waals surface area contributed by atoms with Crippen LogP contribution in [0, 0.1) is 11.3 Å². The molecule has 0 saturated heterocycles. The van der Waals surface area contributed by atoms with Crippen molar-refractivity contribution in [1.29, 1.82) is 5.26 Å². The van der Waals surface area contributed by atoms with Crippen LogP contribution < -0.4 is 0 Å². The van der Waals surface area contributed by atoms with Crippen LogP contribution in [0.25, 0.3) is 10.1 Å². The maximum Gasteiger partial charge on any atom is 0.349 e. The van der Waals surface area contributed by atoms with Crippen LogP contribution in [0.15, 0.2) is 30.3 Å². The second-order valence-corrected chi connectivity index (χ2v) is 5.95. The predicted molar refractivity (Wildman–Crippen MR) is 84.6 cm³/mol. The van der Waals surface area contributed by atoms with Gasteiger partial charge in [-0.1, -0.05) is 18.2 Å². The fourth-order valence-corrected chi connectivity index (χ4v) is 2.94. The number of hydrogen-bond donors (Lipinski definition) is 0. The number of esters is 1. The van der Waals surface area contributed by atoms with Crippen molar-refractivity contribution in [1.82, 2.24) is 4.90 Å². The lowest BCUT2D eigenvalue weighted by molar-refractivity contribution is -0.138. The first kappa shape index (κ1) is 16.0. The van der Waals surface area contributed by atoms with Crippen molar-refractivity contribution in [2.24, 2.45) is 0 Å². The van der Waals surface area contributed by atoms with Crippen LogP contribution in [-0.4, -0.2) is 36.5 Å². The van der Waals surface area contributed by atoms with Crippen molar-refractivity contribution in [3.05, 3.63) is 35.2 Å². The largest absolute Gasteiger partial charge is 0.448 e. The minimum Gasteiger partial charge on any atom is -0.448 e. The highest BCUT2D eigenvalue weighted by Gasteiger charge is 2.22. The monoisotopic (exact) mass is 316 g/mol. The number of likely N-dealkylation sites (N-methyl/N-ethyl adjacent to an activating group) is 1. The van der Waals surface area contributed by atoms with Gasteiger partial charge >= 0.3 is 5.97 Å². The quantitative estimate of drug-likeness (QED) is 0.795. The van der Waals surface area contributed by atoms with Gasteiger partial charge in [0.25, 0.3) is 5.91 Å². The fourth-order valence-electron chi connectivity index (χ4n) is 1.99. The topological polar surface area (TPSA) is 70.4 Å². The van der Waals surface area contributed by atoms with Gasteiger partial charge in [0, 0.05) is 18.3 Å². The van der Waals surface area contributed by atoms with Gasteiger partial charge in [-0.3, -0.25) is 4.79 Å². The summed E-state index contributed by atoms with van der Waals surface area (Å²) < 4.78 is 6.23. The summed E-state index contributed by atoms with van der Waals surface area (Å²) in [7, 11) is 1.59. The number of thiophene rings is 1. The molecule has 114 valence electrons. The lowest BCUT2D eigenvalue weighted by Crippen LogP contribution is -2.37. The molecule has 0 aliphatic heterocycles. The van der Waals surface area contributed by atoms with Crippen molar-refractivity contribution >= 4 is 33.3 Å². The van der Waals surface area contributed by atoms with Crippen molar-refractivity contribution in [3.8, 4) is 6.07 Å². The van der Waals surface area contributed by atoms with Crippen LogP contribution >= 0.6 is 11.3 Å². The summed E-state index contributed by atoms with van der Waals surface area (Å²) in [6.45, 7) is 1.86. The molecule has 1 amide bonds. The minimum atomic E-state index is -0.874. The normalized spacial score (nSPS) is 11.7. The summed E-state index contributed by atoms with van der Waals surface area (Å²) in [5, 5.41) is 9.50. The molecule has 1 atom stereocenters. The molecule has 1 aromatic carbocycles. The summed E-state index contributed by atoms with van der Waals surface area (Å²) in [6, 6.07) is 11.4. The number of carbonyl (C=O) groups is 2. The van der Waals surface area contributed by atoms with E-state index in [1.54, 1.807) is 13.1 Å². The van der Waals surface area contributed by atoms with Gasteiger partial charge in [-0.05, 0) is 24.4 Å². The third-order valence-corrected chi connectivity index (χ3v) is 4.29. The Hall–Kier alpha value is -2.39. The molecule has 1 aromatic heterocycles. The van der Waals surface area contributed by atoms with Gasteiger partial charge in [-0.2, -0.15) is 5.26 Å². The molecule has 5 nitrogen and oxygen atoms in total. The van der Waals surface area contributed by atoms with Gasteiger partial charge in [0.05, 0.1) is 12.5 Å². The highest BCUT2D eigenvalue weighted by Crippen LogP contribution is 2.26. The van der Waals surface area contributed by atoms with E-state index >= 15 is 0 Å². The molecule has 6 heteroatoms. The van der Waals surface area contributed by atoms with Gasteiger partial charge < -0.3 is 9.64 Å². The Morgan fingerprint density at radius 2 is 2.14 bits per heavy atom. The van der Waals surface area contributed by atoms with E-state index in [2.05, 4.69) is 0 Å². The van der Waals surface area contributed by atoms with E-state index in [4.69, 9.17) is 10.00 Å². The molecule has 0 bridgehead atoms. The van der Waals surface area contributed by atoms with Crippen LogP contribution in [0.5, 0.6) is 0 Å². The average molecular weight is 316 g/mol. The fraction of sp³-hybridized carbons (Fsp3) is 0.312. The Bertz CT molecular complexity index is 699. The van der Waals surface area contributed by atoms with Gasteiger partial charge in [-0.25, -0.2) is 4.79 Å². The summed E-state index contributed by atoms with van der Waals surface area (Å²) in [6.07, 6.45) is -0.624. The molecule has 0 fully saturated rings. The number of nitriles is 1. The van der Waals surface area contributed by atoms with Gasteiger partial charge in [0.2, 0.25) is 0 Å². The second kappa shape index (κ2) is 7.05. The molecular formula is C16H16N2O3S. The van der Waals surface area contributed by atoms with Crippen molar-refractivity contribution in [3.63, 3.8) is 0 Å². The number of benzene rings is 1. The smallest absolute Gasteiger partial charge is 0.349 e. The zero-order valence-electron chi connectivity index (χ0n) is 12.4. The molecule has 2 rings (SSSR count). The molecule has 0 N–H and O–H groups in total. The van der Waals surface area contributed by atoms with E-state index < -0.39 is 12.1 Å². The summed E-state index contributed by atoms with van der Waals surface area (Å²) in [5.41, 5.74) is 0. The SMILES string of the molecule is C[C@@H](OC(=O)c1cc2ccccc2s1)C(=O)N(C)CCC#N. The van der Waals surface area contributed by atoms with E-state index in [1.165, 1.54) is 23.2 Å². The summed E-state index contributed by atoms with van der Waals surface area (Å²) in [4.78, 5) is 26.0. The standard InChI is InChI=1S/C16H16N2O3S/c1-11(15(19)18(2)9-5-8-17)21-16(20)14-10-12-6-3-4-7-13(12)22-14/h3-4,6-7,10-11H,5,9H2,1-2H3/t11-/m1/s1. The molecule has 0 aliphatic carbocycles.